The van der Waals surface area contributed by atoms with Gasteiger partial charge in [-0.1, -0.05) is 80.9 Å². The van der Waals surface area contributed by atoms with Gasteiger partial charge in [0.1, 0.15) is 12.6 Å². The second-order valence-electron chi connectivity index (χ2n) is 9.22. The van der Waals surface area contributed by atoms with Crippen LogP contribution in [0.5, 0.6) is 0 Å². The van der Waals surface area contributed by atoms with Gasteiger partial charge in [0.15, 0.2) is 0 Å². The summed E-state index contributed by atoms with van der Waals surface area (Å²) in [6, 6.07) is 18.8. The van der Waals surface area contributed by atoms with Crippen LogP contribution in [-0.4, -0.2) is 48.0 Å². The Bertz CT molecular complexity index is 943. The maximum atomic E-state index is 13.3. The zero-order chi connectivity index (χ0) is 25.0. The second-order valence-corrected chi connectivity index (χ2v) is 9.22. The summed E-state index contributed by atoms with van der Waals surface area (Å²) in [6.07, 6.45) is 2.74. The first-order valence-electron chi connectivity index (χ1n) is 12.6. The molecule has 0 bridgehead atoms. The Morgan fingerprint density at radius 1 is 0.971 bits per heavy atom. The van der Waals surface area contributed by atoms with Crippen molar-refractivity contribution in [2.75, 3.05) is 13.1 Å². The zero-order valence-electron chi connectivity index (χ0n) is 20.7. The van der Waals surface area contributed by atoms with Crippen molar-refractivity contribution >= 4 is 17.9 Å². The van der Waals surface area contributed by atoms with Crippen molar-refractivity contribution in [2.45, 2.75) is 64.6 Å². The molecule has 1 fully saturated rings. The minimum atomic E-state index is -0.639. The van der Waals surface area contributed by atoms with Crippen molar-refractivity contribution in [1.29, 1.82) is 0 Å². The van der Waals surface area contributed by atoms with E-state index in [2.05, 4.69) is 10.6 Å². The average molecular weight is 480 g/mol. The third-order valence-electron chi connectivity index (χ3n) is 6.62. The number of carbonyl (C=O) groups is 3. The Kier molecular flexibility index (Phi) is 10.1. The highest BCUT2D eigenvalue weighted by atomic mass is 16.5. The number of rotatable bonds is 10. The maximum Gasteiger partial charge on any atom is 0.408 e. The van der Waals surface area contributed by atoms with E-state index in [0.717, 1.165) is 17.5 Å². The summed E-state index contributed by atoms with van der Waals surface area (Å²) in [6.45, 7) is 5.22. The van der Waals surface area contributed by atoms with E-state index in [1.165, 1.54) is 0 Å². The van der Waals surface area contributed by atoms with Gasteiger partial charge in [-0.2, -0.15) is 0 Å². The Balaban J connectivity index is 1.44. The first-order valence-corrected chi connectivity index (χ1v) is 12.6. The van der Waals surface area contributed by atoms with E-state index in [9.17, 15) is 14.4 Å². The lowest BCUT2D eigenvalue weighted by Gasteiger charge is -2.36. The van der Waals surface area contributed by atoms with Crippen LogP contribution in [-0.2, 0) is 27.4 Å². The molecule has 3 rings (SSSR count). The summed E-state index contributed by atoms with van der Waals surface area (Å²) in [5.41, 5.74) is 2.04. The smallest absolute Gasteiger partial charge is 0.408 e. The van der Waals surface area contributed by atoms with E-state index < -0.39 is 12.1 Å². The normalized spacial score (nSPS) is 15.7. The number of amides is 3. The minimum absolute atomic E-state index is 0.0258. The van der Waals surface area contributed by atoms with Crippen molar-refractivity contribution in [1.82, 2.24) is 15.5 Å². The fourth-order valence-corrected chi connectivity index (χ4v) is 4.22. The molecule has 2 atom stereocenters. The summed E-state index contributed by atoms with van der Waals surface area (Å²) >= 11 is 0. The summed E-state index contributed by atoms with van der Waals surface area (Å²) in [5, 5.41) is 5.90. The quantitative estimate of drug-likeness (QED) is 0.538. The van der Waals surface area contributed by atoms with E-state index in [-0.39, 0.29) is 30.4 Å². The second kappa shape index (κ2) is 13.5. The van der Waals surface area contributed by atoms with Gasteiger partial charge in [-0.25, -0.2) is 4.79 Å². The summed E-state index contributed by atoms with van der Waals surface area (Å²) in [5.74, 6) is -0.0778. The molecule has 3 amide bonds. The van der Waals surface area contributed by atoms with Crippen LogP contribution < -0.4 is 10.6 Å². The molecule has 0 spiro atoms. The number of nitrogens with zero attached hydrogens (tertiary/aromatic N) is 1. The average Bonchev–Trinajstić information content (AvgIpc) is 2.90. The Labute approximate surface area is 208 Å². The Morgan fingerprint density at radius 2 is 1.57 bits per heavy atom. The third kappa shape index (κ3) is 8.42. The molecule has 1 aliphatic rings. The van der Waals surface area contributed by atoms with E-state index >= 15 is 0 Å². The number of nitrogens with one attached hydrogen (secondary N) is 2. The highest BCUT2D eigenvalue weighted by Crippen LogP contribution is 2.17. The molecule has 0 aliphatic carbocycles. The van der Waals surface area contributed by atoms with Crippen molar-refractivity contribution in [2.24, 2.45) is 5.92 Å². The minimum Gasteiger partial charge on any atom is -0.445 e. The van der Waals surface area contributed by atoms with Crippen LogP contribution in [0.2, 0.25) is 0 Å². The van der Waals surface area contributed by atoms with Crippen LogP contribution >= 0.6 is 0 Å². The van der Waals surface area contributed by atoms with Crippen LogP contribution in [0.4, 0.5) is 4.79 Å². The van der Waals surface area contributed by atoms with E-state index in [4.69, 9.17) is 4.74 Å². The number of hydrogen-bond acceptors (Lipinski definition) is 4. The van der Waals surface area contributed by atoms with Crippen LogP contribution in [0, 0.1) is 5.92 Å². The first-order chi connectivity index (χ1) is 17.0. The van der Waals surface area contributed by atoms with Gasteiger partial charge in [0.05, 0.1) is 0 Å². The topological polar surface area (TPSA) is 87.7 Å². The molecule has 0 unspecified atom stereocenters. The maximum absolute atomic E-state index is 13.3. The molecular formula is C28H37N3O4. The number of ether oxygens (including phenoxy) is 1. The van der Waals surface area contributed by atoms with Gasteiger partial charge in [-0.15, -0.1) is 0 Å². The van der Waals surface area contributed by atoms with Crippen LogP contribution in [0.1, 0.15) is 50.7 Å². The number of likely N-dealkylation sites (tertiary alicyclic amines) is 1. The largest absolute Gasteiger partial charge is 0.445 e. The SMILES string of the molecule is CC[C@H](C)[C@H](NC(=O)OCc1ccccc1)C(=O)N1CCC(NC(=O)CCc2ccccc2)CC1. The van der Waals surface area contributed by atoms with Gasteiger partial charge >= 0.3 is 6.09 Å². The predicted molar refractivity (Wildman–Crippen MR) is 136 cm³/mol. The molecule has 188 valence electrons. The zero-order valence-corrected chi connectivity index (χ0v) is 20.7. The first kappa shape index (κ1) is 26.3. The summed E-state index contributed by atoms with van der Waals surface area (Å²) in [4.78, 5) is 39.8. The number of carbonyl (C=O) groups excluding carboxylic acids is 3. The van der Waals surface area contributed by atoms with E-state index in [1.54, 1.807) is 4.90 Å². The van der Waals surface area contributed by atoms with Crippen molar-refractivity contribution in [3.05, 3.63) is 71.8 Å². The monoisotopic (exact) mass is 479 g/mol. The molecule has 1 aliphatic heterocycles. The summed E-state index contributed by atoms with van der Waals surface area (Å²) < 4.78 is 5.34. The number of benzene rings is 2. The van der Waals surface area contributed by atoms with Gasteiger partial charge in [0.25, 0.3) is 0 Å². The molecule has 1 saturated heterocycles. The lowest BCUT2D eigenvalue weighted by atomic mass is 9.96. The molecule has 7 heteroatoms. The Morgan fingerprint density at radius 3 is 2.17 bits per heavy atom. The van der Waals surface area contributed by atoms with Crippen molar-refractivity contribution in [3.8, 4) is 0 Å². The van der Waals surface area contributed by atoms with Crippen molar-refractivity contribution < 1.29 is 19.1 Å². The fraction of sp³-hybridized carbons (Fsp3) is 0.464. The molecule has 35 heavy (non-hydrogen) atoms. The molecule has 1 heterocycles. The lowest BCUT2D eigenvalue weighted by molar-refractivity contribution is -0.135. The molecule has 2 N–H and O–H groups in total. The highest BCUT2D eigenvalue weighted by Gasteiger charge is 2.32. The third-order valence-corrected chi connectivity index (χ3v) is 6.62. The molecule has 0 aromatic heterocycles. The van der Waals surface area contributed by atoms with Gasteiger partial charge in [-0.05, 0) is 36.3 Å². The number of aryl methyl sites for hydroxylation is 1. The fourth-order valence-electron chi connectivity index (χ4n) is 4.22. The van der Waals surface area contributed by atoms with E-state index in [1.807, 2.05) is 74.5 Å². The predicted octanol–water partition coefficient (Wildman–Crippen LogP) is 4.07. The van der Waals surface area contributed by atoms with Gasteiger partial charge in [0.2, 0.25) is 11.8 Å². The lowest BCUT2D eigenvalue weighted by Crippen LogP contribution is -2.55. The van der Waals surface area contributed by atoms with Gasteiger partial charge in [0, 0.05) is 25.6 Å². The number of alkyl carbamates (subject to hydrolysis) is 1. The van der Waals surface area contributed by atoms with Gasteiger partial charge in [-0.3, -0.25) is 9.59 Å². The molecule has 0 radical (unpaired) electrons. The molecule has 0 saturated carbocycles. The standard InChI is InChI=1S/C28H37N3O4/c1-3-21(2)26(30-28(34)35-20-23-12-8-5-9-13-23)27(33)31-18-16-24(17-19-31)29-25(32)15-14-22-10-6-4-7-11-22/h4-13,21,24,26H,3,14-20H2,1-2H3,(H,29,32)(H,30,34)/t21-,26-/m0/s1. The van der Waals surface area contributed by atoms with Crippen LogP contribution in [0.15, 0.2) is 60.7 Å². The van der Waals surface area contributed by atoms with Gasteiger partial charge < -0.3 is 20.3 Å². The van der Waals surface area contributed by atoms with Crippen molar-refractivity contribution in [3.63, 3.8) is 0 Å². The van der Waals surface area contributed by atoms with E-state index in [0.29, 0.717) is 38.8 Å². The molecule has 2 aromatic rings. The highest BCUT2D eigenvalue weighted by molar-refractivity contribution is 5.86. The molecule has 2 aromatic carbocycles. The number of piperidine rings is 1. The molecule has 7 nitrogen and oxygen atoms in total. The van der Waals surface area contributed by atoms with Crippen LogP contribution in [0.3, 0.4) is 0 Å². The van der Waals surface area contributed by atoms with Crippen LogP contribution in [0.25, 0.3) is 0 Å². The Hall–Kier alpha value is -3.35. The molecular weight excluding hydrogens is 442 g/mol. The number of hydrogen-bond donors (Lipinski definition) is 2. The summed E-state index contributed by atoms with van der Waals surface area (Å²) in [7, 11) is 0.